The molecule has 0 aromatic carbocycles. The maximum absolute atomic E-state index is 11.6. The number of ether oxygens (including phenoxy) is 1. The molecule has 0 heterocycles. The van der Waals surface area contributed by atoms with Gasteiger partial charge in [-0.05, 0) is 32.6 Å². The molecule has 1 aliphatic carbocycles. The lowest BCUT2D eigenvalue weighted by atomic mass is 10.3. The van der Waals surface area contributed by atoms with Crippen LogP contribution in [0.15, 0.2) is 0 Å². The van der Waals surface area contributed by atoms with E-state index in [1.165, 1.54) is 12.8 Å². The third kappa shape index (κ3) is 6.33. The Bertz CT molecular complexity index is 240. The smallest absolute Gasteiger partial charge is 0.236 e. The van der Waals surface area contributed by atoms with Crippen LogP contribution in [-0.4, -0.2) is 61.4 Å². The standard InChI is InChI=1S/C13H26N2O3/c1-3-15(4-2)13(17)8-14-7-12(16)10-18-9-11-5-6-11/h11-12,14,16H,3-10H2,1-2H3. The van der Waals surface area contributed by atoms with Crippen LogP contribution in [0.25, 0.3) is 0 Å². The van der Waals surface area contributed by atoms with E-state index in [4.69, 9.17) is 4.74 Å². The predicted octanol–water partition coefficient (Wildman–Crippen LogP) is 0.232. The first-order valence-electron chi connectivity index (χ1n) is 6.91. The minimum atomic E-state index is -0.534. The molecule has 0 radical (unpaired) electrons. The number of amides is 1. The van der Waals surface area contributed by atoms with Crippen LogP contribution in [0.4, 0.5) is 0 Å². The summed E-state index contributed by atoms with van der Waals surface area (Å²) in [6.45, 7) is 7.16. The number of hydrogen-bond acceptors (Lipinski definition) is 4. The van der Waals surface area contributed by atoms with Crippen molar-refractivity contribution in [2.24, 2.45) is 5.92 Å². The van der Waals surface area contributed by atoms with Crippen LogP contribution in [0.1, 0.15) is 26.7 Å². The molecule has 106 valence electrons. The Morgan fingerprint density at radius 1 is 1.44 bits per heavy atom. The van der Waals surface area contributed by atoms with Gasteiger partial charge in [0.1, 0.15) is 0 Å². The minimum Gasteiger partial charge on any atom is -0.389 e. The van der Waals surface area contributed by atoms with Crippen LogP contribution in [-0.2, 0) is 9.53 Å². The van der Waals surface area contributed by atoms with Gasteiger partial charge in [-0.15, -0.1) is 0 Å². The first-order chi connectivity index (χ1) is 8.67. The van der Waals surface area contributed by atoms with Crippen LogP contribution < -0.4 is 5.32 Å². The van der Waals surface area contributed by atoms with Gasteiger partial charge in [-0.25, -0.2) is 0 Å². The van der Waals surface area contributed by atoms with E-state index in [2.05, 4.69) is 5.32 Å². The fraction of sp³-hybridized carbons (Fsp3) is 0.923. The fourth-order valence-electron chi connectivity index (χ4n) is 1.75. The molecular weight excluding hydrogens is 232 g/mol. The first kappa shape index (κ1) is 15.4. The van der Waals surface area contributed by atoms with Crippen molar-refractivity contribution in [3.63, 3.8) is 0 Å². The van der Waals surface area contributed by atoms with Crippen LogP contribution in [0.5, 0.6) is 0 Å². The van der Waals surface area contributed by atoms with E-state index in [0.29, 0.717) is 13.2 Å². The molecule has 1 saturated carbocycles. The molecule has 5 nitrogen and oxygen atoms in total. The molecule has 2 N–H and O–H groups in total. The topological polar surface area (TPSA) is 61.8 Å². The van der Waals surface area contributed by atoms with Crippen molar-refractivity contribution in [1.29, 1.82) is 0 Å². The molecule has 0 saturated heterocycles. The monoisotopic (exact) mass is 258 g/mol. The molecule has 5 heteroatoms. The Morgan fingerprint density at radius 2 is 2.11 bits per heavy atom. The second-order valence-corrected chi connectivity index (χ2v) is 4.83. The molecule has 1 rings (SSSR count). The number of carbonyl (C=O) groups excluding carboxylic acids is 1. The van der Waals surface area contributed by atoms with Crippen LogP contribution >= 0.6 is 0 Å². The summed E-state index contributed by atoms with van der Waals surface area (Å²) in [7, 11) is 0. The SMILES string of the molecule is CCN(CC)C(=O)CNCC(O)COCC1CC1. The lowest BCUT2D eigenvalue weighted by molar-refractivity contribution is -0.129. The summed E-state index contributed by atoms with van der Waals surface area (Å²) in [6.07, 6.45) is 1.98. The van der Waals surface area contributed by atoms with Gasteiger partial charge < -0.3 is 20.1 Å². The summed E-state index contributed by atoms with van der Waals surface area (Å²) < 4.78 is 5.38. The van der Waals surface area contributed by atoms with Gasteiger partial charge >= 0.3 is 0 Å². The van der Waals surface area contributed by atoms with Crippen LogP contribution in [0.2, 0.25) is 0 Å². The number of nitrogens with zero attached hydrogens (tertiary/aromatic N) is 1. The zero-order valence-electron chi connectivity index (χ0n) is 11.5. The number of aliphatic hydroxyl groups excluding tert-OH is 1. The average Bonchev–Trinajstić information content (AvgIpc) is 3.14. The third-order valence-corrected chi connectivity index (χ3v) is 3.13. The molecule has 0 bridgehead atoms. The first-order valence-corrected chi connectivity index (χ1v) is 6.91. The second-order valence-electron chi connectivity index (χ2n) is 4.83. The van der Waals surface area contributed by atoms with Crippen molar-refractivity contribution < 1.29 is 14.6 Å². The summed E-state index contributed by atoms with van der Waals surface area (Å²) in [5.74, 6) is 0.792. The van der Waals surface area contributed by atoms with Crippen molar-refractivity contribution >= 4 is 5.91 Å². The van der Waals surface area contributed by atoms with Crippen molar-refractivity contribution in [2.75, 3.05) is 39.4 Å². The molecule has 0 aromatic heterocycles. The van der Waals surface area contributed by atoms with Crippen molar-refractivity contribution in [1.82, 2.24) is 10.2 Å². The van der Waals surface area contributed by atoms with E-state index in [1.54, 1.807) is 4.90 Å². The molecule has 1 amide bonds. The molecule has 1 fully saturated rings. The van der Waals surface area contributed by atoms with E-state index in [0.717, 1.165) is 25.6 Å². The number of rotatable bonds is 10. The highest BCUT2D eigenvalue weighted by Gasteiger charge is 2.21. The zero-order valence-corrected chi connectivity index (χ0v) is 11.5. The van der Waals surface area contributed by atoms with E-state index >= 15 is 0 Å². The Morgan fingerprint density at radius 3 is 2.67 bits per heavy atom. The van der Waals surface area contributed by atoms with Crippen molar-refractivity contribution in [3.05, 3.63) is 0 Å². The number of aliphatic hydroxyl groups is 1. The number of nitrogens with one attached hydrogen (secondary N) is 1. The molecule has 0 spiro atoms. The number of likely N-dealkylation sites (N-methyl/N-ethyl adjacent to an activating group) is 1. The Kier molecular flexibility index (Phi) is 7.23. The van der Waals surface area contributed by atoms with E-state index in [9.17, 15) is 9.90 Å². The molecular formula is C13H26N2O3. The lowest BCUT2D eigenvalue weighted by Crippen LogP contribution is -2.40. The van der Waals surface area contributed by atoms with Gasteiger partial charge in [-0.3, -0.25) is 4.79 Å². The third-order valence-electron chi connectivity index (χ3n) is 3.13. The molecule has 1 unspecified atom stereocenters. The highest BCUT2D eigenvalue weighted by molar-refractivity contribution is 5.78. The van der Waals surface area contributed by atoms with Gasteiger partial charge in [-0.1, -0.05) is 0 Å². The predicted molar refractivity (Wildman–Crippen MR) is 70.3 cm³/mol. The second kappa shape index (κ2) is 8.45. The molecule has 1 aliphatic rings. The summed E-state index contributed by atoms with van der Waals surface area (Å²) in [5.41, 5.74) is 0. The number of carbonyl (C=O) groups is 1. The molecule has 0 aromatic rings. The molecule has 18 heavy (non-hydrogen) atoms. The summed E-state index contributed by atoms with van der Waals surface area (Å²) >= 11 is 0. The van der Waals surface area contributed by atoms with Gasteiger partial charge in [0.05, 0.1) is 19.3 Å². The quantitative estimate of drug-likeness (QED) is 0.589. The minimum absolute atomic E-state index is 0.0751. The summed E-state index contributed by atoms with van der Waals surface area (Å²) in [6, 6.07) is 0. The van der Waals surface area contributed by atoms with Crippen LogP contribution in [0.3, 0.4) is 0 Å². The van der Waals surface area contributed by atoms with Crippen molar-refractivity contribution in [3.8, 4) is 0 Å². The molecule has 1 atom stereocenters. The van der Waals surface area contributed by atoms with E-state index in [-0.39, 0.29) is 12.5 Å². The van der Waals surface area contributed by atoms with Gasteiger partial charge in [0.15, 0.2) is 0 Å². The molecule has 0 aliphatic heterocycles. The summed E-state index contributed by atoms with van der Waals surface area (Å²) in [4.78, 5) is 13.4. The largest absolute Gasteiger partial charge is 0.389 e. The number of hydrogen-bond donors (Lipinski definition) is 2. The van der Waals surface area contributed by atoms with Gasteiger partial charge in [0.25, 0.3) is 0 Å². The average molecular weight is 258 g/mol. The highest BCUT2D eigenvalue weighted by atomic mass is 16.5. The van der Waals surface area contributed by atoms with Gasteiger partial charge in [0, 0.05) is 26.2 Å². The van der Waals surface area contributed by atoms with E-state index in [1.807, 2.05) is 13.8 Å². The van der Waals surface area contributed by atoms with Gasteiger partial charge in [-0.2, -0.15) is 0 Å². The Labute approximate surface area is 109 Å². The normalized spacial score (nSPS) is 16.6. The summed E-state index contributed by atoms with van der Waals surface area (Å²) in [5, 5.41) is 12.6. The van der Waals surface area contributed by atoms with Crippen LogP contribution in [0, 0.1) is 5.92 Å². The Hall–Kier alpha value is -0.650. The highest BCUT2D eigenvalue weighted by Crippen LogP contribution is 2.28. The Balaban J connectivity index is 1.99. The van der Waals surface area contributed by atoms with Crippen molar-refractivity contribution in [2.45, 2.75) is 32.8 Å². The fourth-order valence-corrected chi connectivity index (χ4v) is 1.75. The lowest BCUT2D eigenvalue weighted by Gasteiger charge is -2.19. The van der Waals surface area contributed by atoms with E-state index < -0.39 is 6.10 Å². The maximum atomic E-state index is 11.6. The maximum Gasteiger partial charge on any atom is 0.236 e. The van der Waals surface area contributed by atoms with Gasteiger partial charge in [0.2, 0.25) is 5.91 Å². The zero-order chi connectivity index (χ0) is 13.4.